The normalized spacial score (nSPS) is 10.4. The van der Waals surface area contributed by atoms with E-state index in [-0.39, 0.29) is 0 Å². The van der Waals surface area contributed by atoms with Crippen molar-refractivity contribution >= 4 is 5.82 Å². The molecule has 0 spiro atoms. The Morgan fingerprint density at radius 1 is 1.17 bits per heavy atom. The molecule has 0 amide bonds. The van der Waals surface area contributed by atoms with E-state index in [1.807, 2.05) is 32.2 Å². The van der Waals surface area contributed by atoms with Gasteiger partial charge in [0.15, 0.2) is 11.5 Å². The van der Waals surface area contributed by atoms with Crippen LogP contribution in [0.4, 0.5) is 5.82 Å². The fraction of sp³-hybridized carbons (Fsp3) is 0.308. The van der Waals surface area contributed by atoms with Gasteiger partial charge in [-0.15, -0.1) is 0 Å². The highest BCUT2D eigenvalue weighted by atomic mass is 16.5. The summed E-state index contributed by atoms with van der Waals surface area (Å²) < 4.78 is 12.3. The van der Waals surface area contributed by atoms with Gasteiger partial charge < -0.3 is 15.2 Å². The van der Waals surface area contributed by atoms with Crippen molar-refractivity contribution in [2.24, 2.45) is 7.05 Å². The van der Waals surface area contributed by atoms with Crippen molar-refractivity contribution in [2.75, 3.05) is 20.0 Å². The van der Waals surface area contributed by atoms with Gasteiger partial charge in [-0.25, -0.2) is 0 Å². The Bertz CT molecular complexity index is 576. The lowest BCUT2D eigenvalue weighted by Crippen LogP contribution is -1.96. The number of rotatable bonds is 3. The molecule has 1 aromatic heterocycles. The van der Waals surface area contributed by atoms with Gasteiger partial charge in [0.05, 0.1) is 19.9 Å². The molecule has 0 saturated carbocycles. The summed E-state index contributed by atoms with van der Waals surface area (Å²) in [5.74, 6) is 1.94. The van der Waals surface area contributed by atoms with E-state index in [4.69, 9.17) is 15.2 Å². The second kappa shape index (κ2) is 4.60. The molecule has 1 heterocycles. The summed E-state index contributed by atoms with van der Waals surface area (Å²) in [6, 6.07) is 5.75. The first kappa shape index (κ1) is 12.3. The minimum absolute atomic E-state index is 0.544. The van der Waals surface area contributed by atoms with Crippen molar-refractivity contribution in [1.82, 2.24) is 9.78 Å². The fourth-order valence-electron chi connectivity index (χ4n) is 2.04. The van der Waals surface area contributed by atoms with Crippen LogP contribution in [0, 0.1) is 6.92 Å². The minimum Gasteiger partial charge on any atom is -0.493 e. The minimum atomic E-state index is 0.544. The van der Waals surface area contributed by atoms with Crippen LogP contribution in [-0.4, -0.2) is 24.0 Å². The molecule has 18 heavy (non-hydrogen) atoms. The van der Waals surface area contributed by atoms with Gasteiger partial charge in [0.1, 0.15) is 5.82 Å². The molecule has 0 atom stereocenters. The van der Waals surface area contributed by atoms with Crippen LogP contribution < -0.4 is 15.2 Å². The topological polar surface area (TPSA) is 62.3 Å². The van der Waals surface area contributed by atoms with Crippen LogP contribution >= 0.6 is 0 Å². The van der Waals surface area contributed by atoms with Gasteiger partial charge in [-0.3, -0.25) is 4.68 Å². The Morgan fingerprint density at radius 3 is 2.33 bits per heavy atom. The Labute approximate surface area is 106 Å². The predicted octanol–water partition coefficient (Wildman–Crippen LogP) is 1.99. The number of anilines is 1. The Morgan fingerprint density at radius 2 is 1.83 bits per heavy atom. The van der Waals surface area contributed by atoms with Gasteiger partial charge in [0, 0.05) is 18.2 Å². The fourth-order valence-corrected chi connectivity index (χ4v) is 2.04. The van der Waals surface area contributed by atoms with E-state index in [1.54, 1.807) is 18.9 Å². The van der Waals surface area contributed by atoms with Crippen LogP contribution in [-0.2, 0) is 7.05 Å². The number of nitrogens with two attached hydrogens (primary N) is 1. The highest BCUT2D eigenvalue weighted by molar-refractivity contribution is 5.70. The molecule has 2 rings (SSSR count). The lowest BCUT2D eigenvalue weighted by molar-refractivity contribution is 0.355. The maximum absolute atomic E-state index is 5.82. The third kappa shape index (κ3) is 1.88. The first-order valence-electron chi connectivity index (χ1n) is 5.60. The molecule has 2 N–H and O–H groups in total. The number of hydrogen-bond donors (Lipinski definition) is 1. The number of aryl methyl sites for hydroxylation is 1. The molecular weight excluding hydrogens is 230 g/mol. The van der Waals surface area contributed by atoms with E-state index >= 15 is 0 Å². The molecule has 5 nitrogen and oxygen atoms in total. The van der Waals surface area contributed by atoms with E-state index in [0.717, 1.165) is 16.8 Å². The van der Waals surface area contributed by atoms with Gasteiger partial charge in [-0.1, -0.05) is 0 Å². The molecule has 0 aliphatic carbocycles. The van der Waals surface area contributed by atoms with Crippen LogP contribution in [0.5, 0.6) is 11.5 Å². The van der Waals surface area contributed by atoms with Crippen molar-refractivity contribution in [3.63, 3.8) is 0 Å². The molecule has 0 unspecified atom stereocenters. The van der Waals surface area contributed by atoms with Crippen LogP contribution in [0.2, 0.25) is 0 Å². The number of hydrogen-bond acceptors (Lipinski definition) is 4. The van der Waals surface area contributed by atoms with E-state index in [1.165, 1.54) is 0 Å². The summed E-state index contributed by atoms with van der Waals surface area (Å²) in [5.41, 5.74) is 8.76. The summed E-state index contributed by atoms with van der Waals surface area (Å²) in [6.07, 6.45) is 0. The van der Waals surface area contributed by atoms with Gasteiger partial charge in [0.2, 0.25) is 0 Å². The number of aromatic nitrogens is 2. The van der Waals surface area contributed by atoms with Gasteiger partial charge in [-0.05, 0) is 25.1 Å². The van der Waals surface area contributed by atoms with Gasteiger partial charge in [-0.2, -0.15) is 5.10 Å². The number of methoxy groups -OCH3 is 2. The average molecular weight is 247 g/mol. The highest BCUT2D eigenvalue weighted by Crippen LogP contribution is 2.34. The zero-order chi connectivity index (χ0) is 13.3. The zero-order valence-corrected chi connectivity index (χ0v) is 11.0. The van der Waals surface area contributed by atoms with Crippen LogP contribution in [0.15, 0.2) is 18.2 Å². The van der Waals surface area contributed by atoms with Crippen molar-refractivity contribution in [3.8, 4) is 22.8 Å². The molecule has 1 aromatic carbocycles. The SMILES string of the molecule is COc1ccc(-c2c(C)c(N)nn2C)cc1OC. The van der Waals surface area contributed by atoms with E-state index in [9.17, 15) is 0 Å². The van der Waals surface area contributed by atoms with Crippen molar-refractivity contribution in [3.05, 3.63) is 23.8 Å². The monoisotopic (exact) mass is 247 g/mol. The summed E-state index contributed by atoms with van der Waals surface area (Å²) in [4.78, 5) is 0. The third-order valence-electron chi connectivity index (χ3n) is 2.98. The third-order valence-corrected chi connectivity index (χ3v) is 2.98. The quantitative estimate of drug-likeness (QED) is 0.901. The molecule has 96 valence electrons. The van der Waals surface area contributed by atoms with Crippen molar-refractivity contribution < 1.29 is 9.47 Å². The maximum Gasteiger partial charge on any atom is 0.161 e. The molecule has 0 radical (unpaired) electrons. The number of nitrogens with zero attached hydrogens (tertiary/aromatic N) is 2. The van der Waals surface area contributed by atoms with Crippen LogP contribution in [0.1, 0.15) is 5.56 Å². The Balaban J connectivity index is 2.58. The van der Waals surface area contributed by atoms with Gasteiger partial charge in [0.25, 0.3) is 0 Å². The molecule has 2 aromatic rings. The molecule has 0 aliphatic rings. The number of ether oxygens (including phenoxy) is 2. The first-order chi connectivity index (χ1) is 8.58. The van der Waals surface area contributed by atoms with Gasteiger partial charge >= 0.3 is 0 Å². The summed E-state index contributed by atoms with van der Waals surface area (Å²) in [6.45, 7) is 1.95. The van der Waals surface area contributed by atoms with Crippen molar-refractivity contribution in [1.29, 1.82) is 0 Å². The van der Waals surface area contributed by atoms with E-state index in [2.05, 4.69) is 5.10 Å². The maximum atomic E-state index is 5.82. The molecule has 5 heteroatoms. The zero-order valence-electron chi connectivity index (χ0n) is 11.0. The Hall–Kier alpha value is -2.17. The second-order valence-corrected chi connectivity index (χ2v) is 4.05. The average Bonchev–Trinajstić information content (AvgIpc) is 2.62. The summed E-state index contributed by atoms with van der Waals surface area (Å²) in [5, 5.41) is 4.21. The lowest BCUT2D eigenvalue weighted by Gasteiger charge is -2.10. The van der Waals surface area contributed by atoms with E-state index in [0.29, 0.717) is 17.3 Å². The molecule has 0 aliphatic heterocycles. The van der Waals surface area contributed by atoms with Crippen molar-refractivity contribution in [2.45, 2.75) is 6.92 Å². The largest absolute Gasteiger partial charge is 0.493 e. The Kier molecular flexibility index (Phi) is 3.14. The lowest BCUT2D eigenvalue weighted by atomic mass is 10.1. The number of benzene rings is 1. The second-order valence-electron chi connectivity index (χ2n) is 4.05. The predicted molar refractivity (Wildman–Crippen MR) is 70.9 cm³/mol. The van der Waals surface area contributed by atoms with E-state index < -0.39 is 0 Å². The summed E-state index contributed by atoms with van der Waals surface area (Å²) >= 11 is 0. The first-order valence-corrected chi connectivity index (χ1v) is 5.60. The molecule has 0 saturated heterocycles. The van der Waals surface area contributed by atoms with Crippen LogP contribution in [0.25, 0.3) is 11.3 Å². The summed E-state index contributed by atoms with van der Waals surface area (Å²) in [7, 11) is 5.10. The highest BCUT2D eigenvalue weighted by Gasteiger charge is 2.14. The molecule has 0 fully saturated rings. The molecular formula is C13H17N3O2. The van der Waals surface area contributed by atoms with Crippen LogP contribution in [0.3, 0.4) is 0 Å². The number of nitrogen functional groups attached to an aromatic ring is 1. The standard InChI is InChI=1S/C13H17N3O2/c1-8-12(16(2)15-13(8)14)9-5-6-10(17-3)11(7-9)18-4/h5-7H,1-4H3,(H2,14,15). The smallest absolute Gasteiger partial charge is 0.161 e. The molecule has 0 bridgehead atoms.